The van der Waals surface area contributed by atoms with Crippen LogP contribution in [0.2, 0.25) is 10.0 Å². The number of benzene rings is 2. The van der Waals surface area contributed by atoms with Gasteiger partial charge in [-0.1, -0.05) is 23.2 Å². The van der Waals surface area contributed by atoms with Crippen LogP contribution in [0.15, 0.2) is 30.3 Å². The van der Waals surface area contributed by atoms with Gasteiger partial charge in [-0.15, -0.1) is 11.6 Å². The summed E-state index contributed by atoms with van der Waals surface area (Å²) < 4.78 is 15.5. The molecule has 0 spiro atoms. The van der Waals surface area contributed by atoms with Gasteiger partial charge in [0.25, 0.3) is 0 Å². The Morgan fingerprint density at radius 3 is 2.38 bits per heavy atom. The SMILES string of the molecule is Cc1cc2c(cc1F)nc(CCl)n2-c1cc(Cl)cc(Cl)c1. The minimum Gasteiger partial charge on any atom is -0.295 e. The molecule has 0 atom stereocenters. The monoisotopic (exact) mass is 342 g/mol. The first-order valence-corrected chi connectivity index (χ1v) is 7.48. The van der Waals surface area contributed by atoms with Crippen LogP contribution in [-0.2, 0) is 5.88 Å². The minimum atomic E-state index is -0.294. The molecule has 1 heterocycles. The molecule has 1 aromatic heterocycles. The maximum absolute atomic E-state index is 13.7. The molecule has 0 aliphatic carbocycles. The van der Waals surface area contributed by atoms with Crippen LogP contribution in [0.25, 0.3) is 16.7 Å². The number of aryl methyl sites for hydroxylation is 1. The lowest BCUT2D eigenvalue weighted by atomic mass is 10.2. The van der Waals surface area contributed by atoms with E-state index in [1.165, 1.54) is 6.07 Å². The Morgan fingerprint density at radius 2 is 1.76 bits per heavy atom. The first-order valence-electron chi connectivity index (χ1n) is 6.19. The summed E-state index contributed by atoms with van der Waals surface area (Å²) in [4.78, 5) is 4.37. The molecule has 0 radical (unpaired) electrons. The van der Waals surface area contributed by atoms with E-state index in [4.69, 9.17) is 34.8 Å². The van der Waals surface area contributed by atoms with E-state index in [0.29, 0.717) is 26.9 Å². The molecule has 0 aliphatic heterocycles. The summed E-state index contributed by atoms with van der Waals surface area (Å²) in [7, 11) is 0. The normalized spacial score (nSPS) is 11.3. The fourth-order valence-electron chi connectivity index (χ4n) is 2.30. The molecule has 3 aromatic rings. The molecule has 2 nitrogen and oxygen atoms in total. The van der Waals surface area contributed by atoms with Gasteiger partial charge in [0.1, 0.15) is 11.6 Å². The molecule has 108 valence electrons. The highest BCUT2D eigenvalue weighted by molar-refractivity contribution is 6.34. The summed E-state index contributed by atoms with van der Waals surface area (Å²) in [5.74, 6) is 0.506. The average molecular weight is 344 g/mol. The molecule has 2 aromatic carbocycles. The van der Waals surface area contributed by atoms with E-state index in [1.807, 2.05) is 4.57 Å². The van der Waals surface area contributed by atoms with Gasteiger partial charge < -0.3 is 0 Å². The summed E-state index contributed by atoms with van der Waals surface area (Å²) in [5.41, 5.74) is 2.60. The third-order valence-electron chi connectivity index (χ3n) is 3.23. The van der Waals surface area contributed by atoms with Crippen molar-refractivity contribution in [1.29, 1.82) is 0 Å². The molecule has 0 N–H and O–H groups in total. The van der Waals surface area contributed by atoms with Gasteiger partial charge in [-0.25, -0.2) is 9.37 Å². The van der Waals surface area contributed by atoms with Gasteiger partial charge in [-0.2, -0.15) is 0 Å². The molecular weight excluding hydrogens is 334 g/mol. The van der Waals surface area contributed by atoms with E-state index >= 15 is 0 Å². The van der Waals surface area contributed by atoms with Crippen LogP contribution < -0.4 is 0 Å². The molecule has 6 heteroatoms. The number of nitrogens with zero attached hydrogens (tertiary/aromatic N) is 2. The number of halogens is 4. The van der Waals surface area contributed by atoms with Crippen LogP contribution in [0.3, 0.4) is 0 Å². The number of aromatic nitrogens is 2. The van der Waals surface area contributed by atoms with Crippen molar-refractivity contribution in [2.75, 3.05) is 0 Å². The van der Waals surface area contributed by atoms with Crippen molar-refractivity contribution in [2.24, 2.45) is 0 Å². The molecule has 3 rings (SSSR count). The van der Waals surface area contributed by atoms with Crippen molar-refractivity contribution in [3.8, 4) is 5.69 Å². The first-order chi connectivity index (χ1) is 9.99. The zero-order valence-electron chi connectivity index (χ0n) is 11.0. The number of imidazole rings is 1. The van der Waals surface area contributed by atoms with Gasteiger partial charge in [0.15, 0.2) is 0 Å². The molecule has 0 amide bonds. The maximum atomic E-state index is 13.7. The zero-order valence-corrected chi connectivity index (χ0v) is 13.3. The number of hydrogen-bond acceptors (Lipinski definition) is 1. The van der Waals surface area contributed by atoms with Crippen LogP contribution in [-0.4, -0.2) is 9.55 Å². The second kappa shape index (κ2) is 5.48. The summed E-state index contributed by atoms with van der Waals surface area (Å²) in [5, 5.41) is 1.03. The summed E-state index contributed by atoms with van der Waals surface area (Å²) in [6.07, 6.45) is 0. The predicted octanol–water partition coefficient (Wildman–Crippen LogP) is 5.52. The topological polar surface area (TPSA) is 17.8 Å². The van der Waals surface area contributed by atoms with Crippen molar-refractivity contribution < 1.29 is 4.39 Å². The molecule has 0 saturated heterocycles. The highest BCUT2D eigenvalue weighted by atomic mass is 35.5. The molecule has 0 aliphatic rings. The Kier molecular flexibility index (Phi) is 3.82. The third kappa shape index (κ3) is 2.61. The number of fused-ring (bicyclic) bond motifs is 1. The Morgan fingerprint density at radius 1 is 1.10 bits per heavy atom. The van der Waals surface area contributed by atoms with Crippen molar-refractivity contribution in [3.63, 3.8) is 0 Å². The molecule has 21 heavy (non-hydrogen) atoms. The number of alkyl halides is 1. The van der Waals surface area contributed by atoms with Gasteiger partial charge in [0.2, 0.25) is 0 Å². The van der Waals surface area contributed by atoms with E-state index in [9.17, 15) is 4.39 Å². The highest BCUT2D eigenvalue weighted by Gasteiger charge is 2.14. The average Bonchev–Trinajstić information content (AvgIpc) is 2.75. The Labute approximate surface area is 136 Å². The van der Waals surface area contributed by atoms with Gasteiger partial charge in [-0.3, -0.25) is 4.57 Å². The van der Waals surface area contributed by atoms with Crippen molar-refractivity contribution in [1.82, 2.24) is 9.55 Å². The van der Waals surface area contributed by atoms with E-state index in [2.05, 4.69) is 4.98 Å². The first kappa shape index (κ1) is 14.6. The fourth-order valence-corrected chi connectivity index (χ4v) is 2.99. The summed E-state index contributed by atoms with van der Waals surface area (Å²) in [6.45, 7) is 1.71. The largest absolute Gasteiger partial charge is 0.295 e. The molecular formula is C15H10Cl3FN2. The van der Waals surface area contributed by atoms with E-state index in [-0.39, 0.29) is 11.7 Å². The van der Waals surface area contributed by atoms with Gasteiger partial charge in [-0.05, 0) is 36.8 Å². The van der Waals surface area contributed by atoms with Crippen molar-refractivity contribution in [2.45, 2.75) is 12.8 Å². The standard InChI is InChI=1S/C15H10Cl3FN2/c1-8-2-14-13(6-12(8)19)20-15(7-16)21(14)11-4-9(17)3-10(18)5-11/h2-6H,7H2,1H3. The lowest BCUT2D eigenvalue weighted by Crippen LogP contribution is -1.99. The predicted molar refractivity (Wildman–Crippen MR) is 85.3 cm³/mol. The van der Waals surface area contributed by atoms with Crippen LogP contribution >= 0.6 is 34.8 Å². The maximum Gasteiger partial charge on any atom is 0.129 e. The zero-order chi connectivity index (χ0) is 15.1. The third-order valence-corrected chi connectivity index (χ3v) is 3.90. The smallest absolute Gasteiger partial charge is 0.129 e. The second-order valence-corrected chi connectivity index (χ2v) is 5.85. The Hall–Kier alpha value is -1.29. The van der Waals surface area contributed by atoms with Gasteiger partial charge in [0.05, 0.1) is 22.6 Å². The quantitative estimate of drug-likeness (QED) is 0.560. The van der Waals surface area contributed by atoms with Crippen LogP contribution in [0.5, 0.6) is 0 Å². The van der Waals surface area contributed by atoms with E-state index in [0.717, 1.165) is 11.2 Å². The summed E-state index contributed by atoms with van der Waals surface area (Å²) in [6, 6.07) is 8.33. The summed E-state index contributed by atoms with van der Waals surface area (Å²) >= 11 is 18.1. The Balaban J connectivity index is 2.36. The number of hydrogen-bond donors (Lipinski definition) is 0. The molecule has 0 unspecified atom stereocenters. The molecule has 0 fully saturated rings. The van der Waals surface area contributed by atoms with Gasteiger partial charge >= 0.3 is 0 Å². The van der Waals surface area contributed by atoms with Crippen LogP contribution in [0, 0.1) is 12.7 Å². The number of rotatable bonds is 2. The fraction of sp³-hybridized carbons (Fsp3) is 0.133. The minimum absolute atomic E-state index is 0.194. The highest BCUT2D eigenvalue weighted by Crippen LogP contribution is 2.28. The van der Waals surface area contributed by atoms with E-state index < -0.39 is 0 Å². The Bertz CT molecular complexity index is 822. The van der Waals surface area contributed by atoms with Crippen LogP contribution in [0.1, 0.15) is 11.4 Å². The van der Waals surface area contributed by atoms with Crippen molar-refractivity contribution >= 4 is 45.8 Å². The lowest BCUT2D eigenvalue weighted by Gasteiger charge is -2.09. The van der Waals surface area contributed by atoms with Crippen molar-refractivity contribution in [3.05, 3.63) is 57.6 Å². The van der Waals surface area contributed by atoms with Gasteiger partial charge in [0, 0.05) is 16.1 Å². The van der Waals surface area contributed by atoms with E-state index in [1.54, 1.807) is 31.2 Å². The lowest BCUT2D eigenvalue weighted by molar-refractivity contribution is 0.620. The molecule has 0 saturated carbocycles. The van der Waals surface area contributed by atoms with Crippen LogP contribution in [0.4, 0.5) is 4.39 Å². The molecule has 0 bridgehead atoms. The second-order valence-electron chi connectivity index (χ2n) is 4.71.